The van der Waals surface area contributed by atoms with Gasteiger partial charge in [0.05, 0.1) is 6.10 Å². The second-order valence-electron chi connectivity index (χ2n) is 3.95. The summed E-state index contributed by atoms with van der Waals surface area (Å²) in [5.41, 5.74) is 0.808. The Bertz CT molecular complexity index is 482. The fourth-order valence-corrected chi connectivity index (χ4v) is 1.60. The first kappa shape index (κ1) is 15.4. The Labute approximate surface area is 119 Å². The van der Waals surface area contributed by atoms with Crippen LogP contribution in [0.1, 0.15) is 12.5 Å². The van der Waals surface area contributed by atoms with Gasteiger partial charge < -0.3 is 15.5 Å². The summed E-state index contributed by atoms with van der Waals surface area (Å²) in [6.45, 7) is 1.30. The van der Waals surface area contributed by atoms with Gasteiger partial charge in [0.15, 0.2) is 6.04 Å². The predicted molar refractivity (Wildman–Crippen MR) is 74.4 cm³/mol. The number of carboxylic acid groups (broad SMARTS) is 1. The molecule has 102 valence electrons. The molecule has 0 unspecified atom stereocenters. The number of rotatable bonds is 5. The van der Waals surface area contributed by atoms with Crippen molar-refractivity contribution in [2.75, 3.05) is 0 Å². The van der Waals surface area contributed by atoms with Crippen LogP contribution < -0.4 is 5.32 Å². The molecule has 1 aromatic rings. The zero-order valence-corrected chi connectivity index (χ0v) is 11.8. The highest BCUT2D eigenvalue weighted by Gasteiger charge is 2.23. The monoisotopic (exact) mass is 327 g/mol. The van der Waals surface area contributed by atoms with Gasteiger partial charge in [0, 0.05) is 10.5 Å². The van der Waals surface area contributed by atoms with Gasteiger partial charge in [-0.15, -0.1) is 0 Å². The lowest BCUT2D eigenvalue weighted by atomic mass is 10.2. The van der Waals surface area contributed by atoms with Gasteiger partial charge in [-0.2, -0.15) is 0 Å². The van der Waals surface area contributed by atoms with E-state index in [0.717, 1.165) is 10.0 Å². The predicted octanol–water partition coefficient (Wildman–Crippen LogP) is 1.41. The van der Waals surface area contributed by atoms with Gasteiger partial charge in [0.2, 0.25) is 5.91 Å². The zero-order valence-electron chi connectivity index (χ0n) is 10.2. The van der Waals surface area contributed by atoms with Gasteiger partial charge in [-0.1, -0.05) is 28.1 Å². The minimum Gasteiger partial charge on any atom is -0.480 e. The van der Waals surface area contributed by atoms with Crippen molar-refractivity contribution >= 4 is 33.9 Å². The van der Waals surface area contributed by atoms with E-state index < -0.39 is 24.0 Å². The molecule has 0 heterocycles. The summed E-state index contributed by atoms with van der Waals surface area (Å²) in [6.07, 6.45) is 1.62. The summed E-state index contributed by atoms with van der Waals surface area (Å²) in [5.74, 6) is -1.85. The number of hydrogen-bond donors (Lipinski definition) is 3. The summed E-state index contributed by atoms with van der Waals surface area (Å²) < 4.78 is 0.925. The molecule has 1 amide bonds. The summed E-state index contributed by atoms with van der Waals surface area (Å²) in [7, 11) is 0. The SMILES string of the molecule is C[C@@H](O)[C@H](NC(=O)/C=C/c1ccc(Br)cc1)C(=O)O. The number of amides is 1. The van der Waals surface area contributed by atoms with Crippen LogP contribution in [0.3, 0.4) is 0 Å². The normalized spacial score (nSPS) is 14.1. The molecular formula is C13H14BrNO4. The average Bonchev–Trinajstić information content (AvgIpc) is 2.34. The van der Waals surface area contributed by atoms with Crippen LogP contribution in [0, 0.1) is 0 Å². The van der Waals surface area contributed by atoms with Crippen molar-refractivity contribution < 1.29 is 19.8 Å². The molecule has 0 aliphatic rings. The number of hydrogen-bond acceptors (Lipinski definition) is 3. The second kappa shape index (κ2) is 7.06. The van der Waals surface area contributed by atoms with Crippen LogP contribution in [0.15, 0.2) is 34.8 Å². The lowest BCUT2D eigenvalue weighted by Gasteiger charge is -2.15. The fraction of sp³-hybridized carbons (Fsp3) is 0.231. The molecule has 6 heteroatoms. The molecule has 0 bridgehead atoms. The Morgan fingerprint density at radius 1 is 1.32 bits per heavy atom. The second-order valence-corrected chi connectivity index (χ2v) is 4.87. The molecule has 1 aromatic carbocycles. The zero-order chi connectivity index (χ0) is 14.4. The molecule has 0 aliphatic heterocycles. The smallest absolute Gasteiger partial charge is 0.328 e. The molecule has 0 spiro atoms. The van der Waals surface area contributed by atoms with Gasteiger partial charge in [-0.3, -0.25) is 4.79 Å². The van der Waals surface area contributed by atoms with Gasteiger partial charge in [-0.25, -0.2) is 4.79 Å². The third kappa shape index (κ3) is 5.23. The third-order valence-electron chi connectivity index (χ3n) is 2.34. The first-order valence-electron chi connectivity index (χ1n) is 5.55. The van der Waals surface area contributed by atoms with E-state index in [2.05, 4.69) is 21.2 Å². The number of aliphatic hydroxyl groups excluding tert-OH is 1. The molecule has 0 saturated carbocycles. The van der Waals surface area contributed by atoms with Gasteiger partial charge in [0.1, 0.15) is 0 Å². The van der Waals surface area contributed by atoms with Crippen LogP contribution >= 0.6 is 15.9 Å². The van der Waals surface area contributed by atoms with Crippen LogP contribution in [0.4, 0.5) is 0 Å². The molecular weight excluding hydrogens is 314 g/mol. The molecule has 2 atom stereocenters. The van der Waals surface area contributed by atoms with Crippen LogP contribution in [0.2, 0.25) is 0 Å². The van der Waals surface area contributed by atoms with E-state index in [0.29, 0.717) is 0 Å². The summed E-state index contributed by atoms with van der Waals surface area (Å²) in [6, 6.07) is 5.94. The Hall–Kier alpha value is -1.66. The van der Waals surface area contributed by atoms with Gasteiger partial charge in [-0.05, 0) is 30.7 Å². The molecule has 0 fully saturated rings. The summed E-state index contributed by atoms with van der Waals surface area (Å²) in [4.78, 5) is 22.3. The fourth-order valence-electron chi connectivity index (χ4n) is 1.34. The number of aliphatic hydroxyl groups is 1. The molecule has 5 nitrogen and oxygen atoms in total. The lowest BCUT2D eigenvalue weighted by Crippen LogP contribution is -2.47. The largest absolute Gasteiger partial charge is 0.480 e. The third-order valence-corrected chi connectivity index (χ3v) is 2.87. The van der Waals surface area contributed by atoms with E-state index in [1.807, 2.05) is 12.1 Å². The summed E-state index contributed by atoms with van der Waals surface area (Å²) in [5, 5.41) is 20.2. The standard InChI is InChI=1S/C13H14BrNO4/c1-8(16)12(13(18)19)15-11(17)7-4-9-2-5-10(14)6-3-9/h2-8,12,16H,1H3,(H,15,17)(H,18,19)/b7-4+/t8-,12+/m1/s1. The molecule has 0 radical (unpaired) electrons. The molecule has 1 rings (SSSR count). The summed E-state index contributed by atoms with van der Waals surface area (Å²) >= 11 is 3.29. The van der Waals surface area contributed by atoms with E-state index in [1.54, 1.807) is 18.2 Å². The van der Waals surface area contributed by atoms with E-state index in [9.17, 15) is 14.7 Å². The number of carbonyl (C=O) groups is 2. The Morgan fingerprint density at radius 2 is 1.89 bits per heavy atom. The maximum absolute atomic E-state index is 11.5. The van der Waals surface area contributed by atoms with Gasteiger partial charge in [0.25, 0.3) is 0 Å². The molecule has 0 aromatic heterocycles. The highest BCUT2D eigenvalue weighted by atomic mass is 79.9. The van der Waals surface area contributed by atoms with Gasteiger partial charge >= 0.3 is 5.97 Å². The first-order chi connectivity index (χ1) is 8.90. The number of halogens is 1. The Morgan fingerprint density at radius 3 is 2.37 bits per heavy atom. The number of benzene rings is 1. The maximum atomic E-state index is 11.5. The Kier molecular flexibility index (Phi) is 5.72. The number of carboxylic acids is 1. The first-order valence-corrected chi connectivity index (χ1v) is 6.34. The molecule has 3 N–H and O–H groups in total. The number of carbonyl (C=O) groups excluding carboxylic acids is 1. The van der Waals surface area contributed by atoms with Crippen molar-refractivity contribution in [2.45, 2.75) is 19.1 Å². The average molecular weight is 328 g/mol. The van der Waals surface area contributed by atoms with Crippen molar-refractivity contribution in [3.63, 3.8) is 0 Å². The quantitative estimate of drug-likeness (QED) is 0.714. The van der Waals surface area contributed by atoms with Crippen LogP contribution in [0.25, 0.3) is 6.08 Å². The van der Waals surface area contributed by atoms with Crippen molar-refractivity contribution in [1.82, 2.24) is 5.32 Å². The highest BCUT2D eigenvalue weighted by Crippen LogP contribution is 2.11. The van der Waals surface area contributed by atoms with E-state index >= 15 is 0 Å². The van der Waals surface area contributed by atoms with Crippen molar-refractivity contribution in [3.05, 3.63) is 40.4 Å². The van der Waals surface area contributed by atoms with Crippen LogP contribution in [0.5, 0.6) is 0 Å². The van der Waals surface area contributed by atoms with E-state index in [1.165, 1.54) is 13.0 Å². The van der Waals surface area contributed by atoms with Crippen LogP contribution in [-0.2, 0) is 9.59 Å². The van der Waals surface area contributed by atoms with Crippen LogP contribution in [-0.4, -0.2) is 34.2 Å². The van der Waals surface area contributed by atoms with Crippen molar-refractivity contribution in [2.24, 2.45) is 0 Å². The maximum Gasteiger partial charge on any atom is 0.328 e. The Balaban J connectivity index is 2.64. The number of nitrogens with one attached hydrogen (secondary N) is 1. The minimum atomic E-state index is -1.32. The van der Waals surface area contributed by atoms with Crippen molar-refractivity contribution in [3.8, 4) is 0 Å². The molecule has 0 aliphatic carbocycles. The van der Waals surface area contributed by atoms with Crippen molar-refractivity contribution in [1.29, 1.82) is 0 Å². The van der Waals surface area contributed by atoms with E-state index in [4.69, 9.17) is 5.11 Å². The lowest BCUT2D eigenvalue weighted by molar-refractivity contribution is -0.144. The minimum absolute atomic E-state index is 0.573. The molecule has 19 heavy (non-hydrogen) atoms. The van der Waals surface area contributed by atoms with E-state index in [-0.39, 0.29) is 0 Å². The molecule has 0 saturated heterocycles. The highest BCUT2D eigenvalue weighted by molar-refractivity contribution is 9.10. The topological polar surface area (TPSA) is 86.6 Å². The number of aliphatic carboxylic acids is 1.